The third-order valence-corrected chi connectivity index (χ3v) is 3.04. The zero-order valence-electron chi connectivity index (χ0n) is 11.1. The first kappa shape index (κ1) is 14.7. The van der Waals surface area contributed by atoms with Crippen molar-refractivity contribution in [2.24, 2.45) is 0 Å². The topological polar surface area (TPSA) is 35.0 Å². The number of benzene rings is 1. The molecule has 1 aromatic heterocycles. The summed E-state index contributed by atoms with van der Waals surface area (Å²) in [6.45, 7) is 3.69. The number of hydrogen-bond donors (Lipinski definition) is 0. The van der Waals surface area contributed by atoms with Gasteiger partial charge in [-0.25, -0.2) is 13.8 Å². The quantitative estimate of drug-likeness (QED) is 0.782. The molecule has 0 aliphatic carbocycles. The molecular weight excluding hydrogens is 286 g/mol. The van der Waals surface area contributed by atoms with Crippen LogP contribution in [0.1, 0.15) is 24.7 Å². The van der Waals surface area contributed by atoms with E-state index in [9.17, 15) is 8.78 Å². The predicted molar refractivity (Wildman–Crippen MR) is 72.2 cm³/mol. The van der Waals surface area contributed by atoms with Gasteiger partial charge in [0.05, 0.1) is 0 Å². The molecule has 6 heteroatoms. The van der Waals surface area contributed by atoms with Crippen LogP contribution in [0.4, 0.5) is 8.78 Å². The minimum absolute atomic E-state index is 0.157. The molecule has 0 atom stereocenters. The monoisotopic (exact) mass is 298 g/mol. The van der Waals surface area contributed by atoms with Crippen LogP contribution < -0.4 is 4.74 Å². The molecule has 0 amide bonds. The standard InChI is InChI=1S/C14H13ClF2N2O/c1-3-4-12-18-13(15)8(2)14(19-12)20-9-5-6-10(16)11(17)7-9/h5-7H,3-4H2,1-2H3. The van der Waals surface area contributed by atoms with Crippen molar-refractivity contribution < 1.29 is 13.5 Å². The van der Waals surface area contributed by atoms with Gasteiger partial charge in [-0.15, -0.1) is 0 Å². The van der Waals surface area contributed by atoms with E-state index in [1.807, 2.05) is 6.92 Å². The van der Waals surface area contributed by atoms with Gasteiger partial charge < -0.3 is 4.74 Å². The maximum absolute atomic E-state index is 13.1. The molecule has 2 aromatic rings. The molecule has 106 valence electrons. The smallest absolute Gasteiger partial charge is 0.226 e. The molecule has 0 N–H and O–H groups in total. The van der Waals surface area contributed by atoms with Crippen molar-refractivity contribution in [2.75, 3.05) is 0 Å². The van der Waals surface area contributed by atoms with Crippen molar-refractivity contribution in [1.82, 2.24) is 9.97 Å². The van der Waals surface area contributed by atoms with Crippen LogP contribution in [0.25, 0.3) is 0 Å². The fourth-order valence-electron chi connectivity index (χ4n) is 1.60. The van der Waals surface area contributed by atoms with Crippen LogP contribution in [-0.4, -0.2) is 9.97 Å². The first-order chi connectivity index (χ1) is 9.51. The van der Waals surface area contributed by atoms with Gasteiger partial charge in [0.15, 0.2) is 11.6 Å². The van der Waals surface area contributed by atoms with Gasteiger partial charge in [-0.3, -0.25) is 0 Å². The minimum atomic E-state index is -0.978. The average Bonchev–Trinajstić information content (AvgIpc) is 2.40. The highest BCUT2D eigenvalue weighted by molar-refractivity contribution is 6.30. The highest BCUT2D eigenvalue weighted by Gasteiger charge is 2.12. The lowest BCUT2D eigenvalue weighted by Crippen LogP contribution is -2.01. The zero-order chi connectivity index (χ0) is 14.7. The van der Waals surface area contributed by atoms with Gasteiger partial charge in [0, 0.05) is 18.1 Å². The van der Waals surface area contributed by atoms with Crippen molar-refractivity contribution in [3.05, 3.63) is 46.4 Å². The number of rotatable bonds is 4. The summed E-state index contributed by atoms with van der Waals surface area (Å²) in [5.74, 6) is -0.945. The van der Waals surface area contributed by atoms with Crippen molar-refractivity contribution in [1.29, 1.82) is 0 Å². The molecule has 0 aliphatic heterocycles. The van der Waals surface area contributed by atoms with Crippen LogP contribution in [0.3, 0.4) is 0 Å². The first-order valence-corrected chi connectivity index (χ1v) is 6.55. The predicted octanol–water partition coefficient (Wildman–Crippen LogP) is 4.46. The number of ether oxygens (including phenoxy) is 1. The van der Waals surface area contributed by atoms with Crippen LogP contribution >= 0.6 is 11.6 Å². The molecule has 0 spiro atoms. The summed E-state index contributed by atoms with van der Waals surface area (Å²) in [5.41, 5.74) is 0.552. The third-order valence-electron chi connectivity index (χ3n) is 2.67. The van der Waals surface area contributed by atoms with Gasteiger partial charge >= 0.3 is 0 Å². The molecule has 0 saturated heterocycles. The zero-order valence-corrected chi connectivity index (χ0v) is 11.8. The molecule has 1 heterocycles. The first-order valence-electron chi connectivity index (χ1n) is 6.17. The molecule has 20 heavy (non-hydrogen) atoms. The van der Waals surface area contributed by atoms with E-state index in [0.717, 1.165) is 18.6 Å². The van der Waals surface area contributed by atoms with E-state index in [0.29, 0.717) is 23.0 Å². The van der Waals surface area contributed by atoms with E-state index in [1.54, 1.807) is 6.92 Å². The molecule has 1 aromatic carbocycles. The minimum Gasteiger partial charge on any atom is -0.438 e. The average molecular weight is 299 g/mol. The Morgan fingerprint density at radius 3 is 2.60 bits per heavy atom. The summed E-state index contributed by atoms with van der Waals surface area (Å²) in [7, 11) is 0. The third kappa shape index (κ3) is 3.22. The van der Waals surface area contributed by atoms with Gasteiger partial charge in [-0.1, -0.05) is 18.5 Å². The van der Waals surface area contributed by atoms with E-state index in [1.165, 1.54) is 6.07 Å². The molecule has 0 unspecified atom stereocenters. The van der Waals surface area contributed by atoms with Crippen molar-refractivity contribution >= 4 is 11.6 Å². The van der Waals surface area contributed by atoms with Gasteiger partial charge in [0.2, 0.25) is 5.88 Å². The lowest BCUT2D eigenvalue weighted by atomic mass is 10.3. The van der Waals surface area contributed by atoms with E-state index >= 15 is 0 Å². The van der Waals surface area contributed by atoms with Gasteiger partial charge in [0.25, 0.3) is 0 Å². The molecule has 0 bridgehead atoms. The number of halogens is 3. The van der Waals surface area contributed by atoms with Gasteiger partial charge in [0.1, 0.15) is 16.7 Å². The van der Waals surface area contributed by atoms with E-state index in [2.05, 4.69) is 9.97 Å². The molecule has 0 aliphatic rings. The Labute approximate surface area is 120 Å². The molecule has 3 nitrogen and oxygen atoms in total. The molecule has 2 rings (SSSR count). The lowest BCUT2D eigenvalue weighted by molar-refractivity contribution is 0.441. The van der Waals surface area contributed by atoms with E-state index in [-0.39, 0.29) is 11.6 Å². The Morgan fingerprint density at radius 2 is 1.95 bits per heavy atom. The van der Waals surface area contributed by atoms with Gasteiger partial charge in [-0.05, 0) is 25.5 Å². The number of aromatic nitrogens is 2. The van der Waals surface area contributed by atoms with Crippen LogP contribution in [0, 0.1) is 18.6 Å². The van der Waals surface area contributed by atoms with Crippen LogP contribution in [0.15, 0.2) is 18.2 Å². The fraction of sp³-hybridized carbons (Fsp3) is 0.286. The summed E-state index contributed by atoms with van der Waals surface area (Å²) in [4.78, 5) is 8.37. The molecule has 0 fully saturated rings. The fourth-order valence-corrected chi connectivity index (χ4v) is 1.78. The summed E-state index contributed by atoms with van der Waals surface area (Å²) >= 11 is 6.01. The number of aryl methyl sites for hydroxylation is 1. The Hall–Kier alpha value is -1.75. The van der Waals surface area contributed by atoms with E-state index < -0.39 is 11.6 Å². The Kier molecular flexibility index (Phi) is 4.49. The second kappa shape index (κ2) is 6.13. The number of hydrogen-bond acceptors (Lipinski definition) is 3. The van der Waals surface area contributed by atoms with Crippen LogP contribution in [-0.2, 0) is 6.42 Å². The second-order valence-corrected chi connectivity index (χ2v) is 4.65. The Morgan fingerprint density at radius 1 is 1.20 bits per heavy atom. The second-order valence-electron chi connectivity index (χ2n) is 4.29. The summed E-state index contributed by atoms with van der Waals surface area (Å²) in [6, 6.07) is 3.29. The Balaban J connectivity index is 2.34. The SMILES string of the molecule is CCCc1nc(Cl)c(C)c(Oc2ccc(F)c(F)c2)n1. The largest absolute Gasteiger partial charge is 0.438 e. The normalized spacial score (nSPS) is 10.7. The van der Waals surface area contributed by atoms with E-state index in [4.69, 9.17) is 16.3 Å². The van der Waals surface area contributed by atoms with Crippen LogP contribution in [0.2, 0.25) is 5.15 Å². The maximum atomic E-state index is 13.1. The highest BCUT2D eigenvalue weighted by Crippen LogP contribution is 2.28. The number of nitrogens with zero attached hydrogens (tertiary/aromatic N) is 2. The lowest BCUT2D eigenvalue weighted by Gasteiger charge is -2.10. The van der Waals surface area contributed by atoms with Crippen molar-refractivity contribution in [3.63, 3.8) is 0 Å². The summed E-state index contributed by atoms with van der Waals surface area (Å²) < 4.78 is 31.5. The Bertz CT molecular complexity index is 635. The molecular formula is C14H13ClF2N2O. The van der Waals surface area contributed by atoms with Crippen LogP contribution in [0.5, 0.6) is 11.6 Å². The summed E-state index contributed by atoms with van der Waals surface area (Å²) in [6.07, 6.45) is 1.53. The summed E-state index contributed by atoms with van der Waals surface area (Å²) in [5, 5.41) is 0.293. The molecule has 0 radical (unpaired) electrons. The molecule has 0 saturated carbocycles. The van der Waals surface area contributed by atoms with Crippen molar-refractivity contribution in [3.8, 4) is 11.6 Å². The van der Waals surface area contributed by atoms with Crippen molar-refractivity contribution in [2.45, 2.75) is 26.7 Å². The maximum Gasteiger partial charge on any atom is 0.226 e. The highest BCUT2D eigenvalue weighted by atomic mass is 35.5. The van der Waals surface area contributed by atoms with Gasteiger partial charge in [-0.2, -0.15) is 4.98 Å².